The third-order valence-electron chi connectivity index (χ3n) is 2.33. The average molecular weight is 383 g/mol. The van der Waals surface area contributed by atoms with Crippen molar-refractivity contribution < 1.29 is 8.42 Å². The molecule has 0 fully saturated rings. The Morgan fingerprint density at radius 2 is 1.86 bits per heavy atom. The van der Waals surface area contributed by atoms with Crippen LogP contribution in [0.1, 0.15) is 0 Å². The number of aromatic nitrogens is 2. The second-order valence-corrected chi connectivity index (χ2v) is 7.90. The predicted octanol–water partition coefficient (Wildman–Crippen LogP) is 2.95. The Balaban J connectivity index is 2.08. The molecule has 0 unspecified atom stereocenters. The third kappa shape index (κ3) is 2.62. The Morgan fingerprint density at radius 3 is 2.52 bits per heavy atom. The molecule has 0 saturated heterocycles. The summed E-state index contributed by atoms with van der Waals surface area (Å²) in [6, 6.07) is 1.39. The minimum absolute atomic E-state index is 0.0399. The van der Waals surface area contributed by atoms with E-state index < -0.39 is 10.0 Å². The van der Waals surface area contributed by atoms with Crippen LogP contribution in [0.3, 0.4) is 0 Å². The van der Waals surface area contributed by atoms with E-state index >= 15 is 0 Å². The predicted molar refractivity (Wildman–Crippen MR) is 83.1 cm³/mol. The number of nitrogens with two attached hydrogens (primary N) is 1. The van der Waals surface area contributed by atoms with Gasteiger partial charge >= 0.3 is 0 Å². The maximum atomic E-state index is 12.2. The van der Waals surface area contributed by atoms with Gasteiger partial charge in [0.25, 0.3) is 14.4 Å². The number of nitrogen functional groups attached to an aromatic ring is 1. The van der Waals surface area contributed by atoms with Gasteiger partial charge in [0.2, 0.25) is 5.13 Å². The van der Waals surface area contributed by atoms with Gasteiger partial charge in [-0.25, -0.2) is 0 Å². The lowest BCUT2D eigenvalue weighted by molar-refractivity contribution is 0.599. The molecule has 3 rings (SSSR count). The first kappa shape index (κ1) is 14.7. The van der Waals surface area contributed by atoms with E-state index in [1.165, 1.54) is 6.07 Å². The van der Waals surface area contributed by atoms with Crippen molar-refractivity contribution >= 4 is 78.1 Å². The second kappa shape index (κ2) is 5.18. The van der Waals surface area contributed by atoms with Crippen LogP contribution in [0.25, 0.3) is 0 Å². The summed E-state index contributed by atoms with van der Waals surface area (Å²) in [7, 11) is -3.97. The molecule has 13 heteroatoms. The lowest BCUT2D eigenvalue weighted by Gasteiger charge is -2.10. The van der Waals surface area contributed by atoms with E-state index in [9.17, 15) is 8.42 Å². The molecule has 110 valence electrons. The van der Waals surface area contributed by atoms with E-state index in [2.05, 4.69) is 23.6 Å². The van der Waals surface area contributed by atoms with E-state index in [4.69, 9.17) is 28.9 Å². The Hall–Kier alpha value is -1.27. The first-order chi connectivity index (χ1) is 9.88. The first-order valence-corrected chi connectivity index (χ1v) is 8.89. The second-order valence-electron chi connectivity index (χ2n) is 3.69. The number of nitrogens with zero attached hydrogens (tertiary/aromatic N) is 4. The number of rotatable bonds is 3. The highest BCUT2D eigenvalue weighted by molar-refractivity contribution is 7.94. The van der Waals surface area contributed by atoms with Crippen LogP contribution in [0.5, 0.6) is 0 Å². The topological polar surface area (TPSA) is 123 Å². The maximum absolute atomic E-state index is 12.2. The largest absolute Gasteiger partial charge is 0.374 e. The molecule has 0 bridgehead atoms. The zero-order valence-electron chi connectivity index (χ0n) is 9.74. The molecule has 8 nitrogen and oxygen atoms in total. The lowest BCUT2D eigenvalue weighted by Crippen LogP contribution is -2.13. The molecule has 0 atom stereocenters. The molecular weight excluding hydrogens is 379 g/mol. The number of fused-ring (bicyclic) bond motifs is 1. The Labute approximate surface area is 136 Å². The van der Waals surface area contributed by atoms with Gasteiger partial charge in [-0.3, -0.25) is 4.72 Å². The van der Waals surface area contributed by atoms with Crippen LogP contribution in [-0.2, 0) is 21.4 Å². The quantitative estimate of drug-likeness (QED) is 0.720. The zero-order chi connectivity index (χ0) is 15.2. The number of halogens is 2. The third-order valence-corrected chi connectivity index (χ3v) is 5.92. The Morgan fingerprint density at radius 1 is 1.14 bits per heavy atom. The van der Waals surface area contributed by atoms with E-state index in [1.807, 2.05) is 0 Å². The van der Waals surface area contributed by atoms with Crippen molar-refractivity contribution in [2.45, 2.75) is 4.34 Å². The first-order valence-electron chi connectivity index (χ1n) is 5.10. The van der Waals surface area contributed by atoms with Crippen molar-refractivity contribution in [3.8, 4) is 0 Å². The van der Waals surface area contributed by atoms with Crippen molar-refractivity contribution in [3.05, 3.63) is 16.1 Å². The number of hydrogen-bond donors (Lipinski definition) is 2. The van der Waals surface area contributed by atoms with Crippen molar-refractivity contribution in [2.24, 2.45) is 8.73 Å². The lowest BCUT2D eigenvalue weighted by atomic mass is 10.2. The molecule has 0 spiro atoms. The number of sulfonamides is 1. The van der Waals surface area contributed by atoms with E-state index in [-0.39, 0.29) is 30.9 Å². The molecule has 1 aromatic heterocycles. The molecule has 3 N–H and O–H groups in total. The van der Waals surface area contributed by atoms with Crippen LogP contribution in [0, 0.1) is 0 Å². The summed E-state index contributed by atoms with van der Waals surface area (Å²) in [5.41, 5.74) is 6.09. The van der Waals surface area contributed by atoms with Crippen LogP contribution in [0.15, 0.2) is 19.1 Å². The van der Waals surface area contributed by atoms with Crippen LogP contribution in [0.2, 0.25) is 10.0 Å². The van der Waals surface area contributed by atoms with Gasteiger partial charge in [-0.2, -0.15) is 17.1 Å². The highest BCUT2D eigenvalue weighted by atomic mass is 35.5. The molecule has 1 aromatic carbocycles. The Bertz CT molecular complexity index is 918. The zero-order valence-corrected chi connectivity index (χ0v) is 13.7. The number of hydrogen-bond acceptors (Lipinski definition) is 8. The van der Waals surface area contributed by atoms with Crippen molar-refractivity contribution in [3.63, 3.8) is 0 Å². The summed E-state index contributed by atoms with van der Waals surface area (Å²) < 4.78 is 34.5. The highest BCUT2D eigenvalue weighted by Crippen LogP contribution is 2.48. The van der Waals surface area contributed by atoms with Crippen molar-refractivity contribution in [2.75, 3.05) is 10.5 Å². The van der Waals surface area contributed by atoms with E-state index in [0.29, 0.717) is 5.69 Å². The summed E-state index contributed by atoms with van der Waals surface area (Å²) in [5, 5.41) is 7.37. The van der Waals surface area contributed by atoms with Crippen LogP contribution < -0.4 is 10.5 Å². The van der Waals surface area contributed by atoms with Gasteiger partial charge < -0.3 is 5.73 Å². The normalized spacial score (nSPS) is 13.0. The molecule has 0 saturated carbocycles. The van der Waals surface area contributed by atoms with Gasteiger partial charge in [0.15, 0.2) is 0 Å². The fraction of sp³-hybridized carbons (Fsp3) is 0. The molecule has 21 heavy (non-hydrogen) atoms. The van der Waals surface area contributed by atoms with Gasteiger partial charge in [0.1, 0.15) is 11.4 Å². The van der Waals surface area contributed by atoms with Crippen molar-refractivity contribution in [1.82, 2.24) is 10.2 Å². The molecule has 2 aromatic rings. The smallest absolute Gasteiger partial charge is 0.291 e. The summed E-state index contributed by atoms with van der Waals surface area (Å²) in [6.45, 7) is 0. The van der Waals surface area contributed by atoms with E-state index in [1.54, 1.807) is 0 Å². The fourth-order valence-electron chi connectivity index (χ4n) is 1.48. The van der Waals surface area contributed by atoms with Gasteiger partial charge in [-0.1, -0.05) is 34.5 Å². The monoisotopic (exact) mass is 382 g/mol. The summed E-state index contributed by atoms with van der Waals surface area (Å²) in [6.07, 6.45) is 0. The van der Waals surface area contributed by atoms with Gasteiger partial charge in [0.05, 0.1) is 27.1 Å². The average Bonchev–Trinajstić information content (AvgIpc) is 3.03. The summed E-state index contributed by atoms with van der Waals surface area (Å²) in [5.74, 6) is 0. The van der Waals surface area contributed by atoms with Gasteiger partial charge in [-0.15, -0.1) is 10.2 Å². The molecule has 1 aliphatic rings. The standard InChI is InChI=1S/C8H4Cl2N6O2S3/c9-2-1-3(10)5(6-4(2)14-20-15-6)16-21(17,18)8-13-12-7(11)19-8/h1,16H,(H2,11,12). The molecule has 0 aliphatic carbocycles. The summed E-state index contributed by atoms with van der Waals surface area (Å²) in [4.78, 5) is 0. The number of anilines is 2. The van der Waals surface area contributed by atoms with Crippen LogP contribution in [-0.4, -0.2) is 18.6 Å². The molecule has 1 aliphatic heterocycles. The highest BCUT2D eigenvalue weighted by Gasteiger charge is 2.26. The molecular formula is C8H4Cl2N6O2S3. The van der Waals surface area contributed by atoms with Crippen LogP contribution >= 0.6 is 34.5 Å². The van der Waals surface area contributed by atoms with Crippen LogP contribution in [0.4, 0.5) is 22.2 Å². The van der Waals surface area contributed by atoms with Crippen molar-refractivity contribution in [1.29, 1.82) is 0 Å². The number of nitrogens with one attached hydrogen (secondary N) is 1. The number of benzene rings is 1. The summed E-state index contributed by atoms with van der Waals surface area (Å²) >= 11 is 13.6. The molecule has 0 amide bonds. The minimum Gasteiger partial charge on any atom is -0.374 e. The molecule has 0 radical (unpaired) electrons. The SMILES string of the molecule is Nc1nnc(S(=O)(=O)Nc2c(Cl)cc(Cl)c3c2N=S=N3)s1. The minimum atomic E-state index is -3.97. The Kier molecular flexibility index (Phi) is 3.61. The van der Waals surface area contributed by atoms with Gasteiger partial charge in [-0.05, 0) is 6.07 Å². The fourth-order valence-corrected chi connectivity index (χ4v) is 4.57. The maximum Gasteiger partial charge on any atom is 0.291 e. The van der Waals surface area contributed by atoms with Gasteiger partial charge in [0, 0.05) is 0 Å². The molecule has 2 heterocycles. The van der Waals surface area contributed by atoms with E-state index in [0.717, 1.165) is 22.7 Å².